The lowest BCUT2D eigenvalue weighted by atomic mass is 10.3. The van der Waals surface area contributed by atoms with Crippen molar-refractivity contribution in [2.75, 3.05) is 26.2 Å². The van der Waals surface area contributed by atoms with E-state index in [2.05, 4.69) is 20.8 Å². The minimum Gasteiger partial charge on any atom is -0.326 e. The van der Waals surface area contributed by atoms with Crippen LogP contribution in [0, 0.1) is 0 Å². The third-order valence-corrected chi connectivity index (χ3v) is 8.04. The van der Waals surface area contributed by atoms with Crippen molar-refractivity contribution in [3.63, 3.8) is 0 Å². The van der Waals surface area contributed by atoms with Gasteiger partial charge in [-0.1, -0.05) is 0 Å². The van der Waals surface area contributed by atoms with Crippen molar-refractivity contribution in [2.24, 2.45) is 5.73 Å². The van der Waals surface area contributed by atoms with Gasteiger partial charge in [-0.15, -0.1) is 11.3 Å². The molecule has 5 nitrogen and oxygen atoms in total. The van der Waals surface area contributed by atoms with Crippen LogP contribution in [0.15, 0.2) is 14.7 Å². The summed E-state index contributed by atoms with van der Waals surface area (Å²) in [5.41, 5.74) is 5.59. The van der Waals surface area contributed by atoms with Gasteiger partial charge in [-0.25, -0.2) is 8.42 Å². The predicted molar refractivity (Wildman–Crippen MR) is 83.3 cm³/mol. The highest BCUT2D eigenvalue weighted by Crippen LogP contribution is 2.34. The molecular weight excluding hydrogens is 362 g/mol. The Morgan fingerprint density at radius 1 is 1.30 bits per heavy atom. The molecule has 0 atom stereocenters. The molecule has 2 N–H and O–H groups in total. The molecule has 0 amide bonds. The maximum atomic E-state index is 12.7. The maximum Gasteiger partial charge on any atom is 0.245 e. The normalized spacial score (nSPS) is 22.3. The lowest BCUT2D eigenvalue weighted by Crippen LogP contribution is -2.49. The highest BCUT2D eigenvalue weighted by Gasteiger charge is 2.35. The first-order valence-electron chi connectivity index (χ1n) is 6.75. The van der Waals surface area contributed by atoms with Crippen molar-refractivity contribution >= 4 is 37.3 Å². The highest BCUT2D eigenvalue weighted by atomic mass is 79.9. The Labute approximate surface area is 131 Å². The summed E-state index contributed by atoms with van der Waals surface area (Å²) in [7, 11) is -3.40. The molecule has 0 aromatic carbocycles. The number of rotatable bonds is 4. The van der Waals surface area contributed by atoms with Crippen LogP contribution in [0.3, 0.4) is 0 Å². The predicted octanol–water partition coefficient (Wildman–Crippen LogP) is 1.44. The molecule has 1 aromatic heterocycles. The molecule has 0 radical (unpaired) electrons. The van der Waals surface area contributed by atoms with E-state index in [0.29, 0.717) is 34.4 Å². The Morgan fingerprint density at radius 2 is 1.95 bits per heavy atom. The smallest absolute Gasteiger partial charge is 0.245 e. The molecule has 2 heterocycles. The van der Waals surface area contributed by atoms with Crippen LogP contribution in [0.25, 0.3) is 0 Å². The molecule has 1 aliphatic heterocycles. The van der Waals surface area contributed by atoms with E-state index in [9.17, 15) is 8.42 Å². The van der Waals surface area contributed by atoms with Crippen LogP contribution < -0.4 is 5.73 Å². The average Bonchev–Trinajstić information content (AvgIpc) is 3.21. The van der Waals surface area contributed by atoms with E-state index in [1.54, 1.807) is 10.4 Å². The number of halogens is 1. The van der Waals surface area contributed by atoms with Crippen LogP contribution in [-0.2, 0) is 16.6 Å². The van der Waals surface area contributed by atoms with E-state index in [4.69, 9.17) is 5.73 Å². The first kappa shape index (κ1) is 14.9. The number of thiophene rings is 1. The molecule has 112 valence electrons. The second kappa shape index (κ2) is 5.66. The fourth-order valence-corrected chi connectivity index (χ4v) is 6.50. The Hall–Kier alpha value is 0.01000. The summed E-state index contributed by atoms with van der Waals surface area (Å²) in [6.07, 6.45) is 2.53. The SMILES string of the molecule is NCc1cc(S(=O)(=O)N2CCN(C3CC3)CC2)c(Br)s1. The summed E-state index contributed by atoms with van der Waals surface area (Å²) in [5, 5.41) is 0. The van der Waals surface area contributed by atoms with Gasteiger partial charge in [0.15, 0.2) is 0 Å². The fraction of sp³-hybridized carbons (Fsp3) is 0.667. The lowest BCUT2D eigenvalue weighted by molar-refractivity contribution is 0.180. The molecule has 1 aliphatic carbocycles. The van der Waals surface area contributed by atoms with Gasteiger partial charge < -0.3 is 5.73 Å². The van der Waals surface area contributed by atoms with Crippen molar-refractivity contribution in [3.05, 3.63) is 14.7 Å². The molecular formula is C12H18BrN3O2S2. The molecule has 0 unspecified atom stereocenters. The molecule has 20 heavy (non-hydrogen) atoms. The van der Waals surface area contributed by atoms with Crippen LogP contribution in [-0.4, -0.2) is 49.8 Å². The van der Waals surface area contributed by atoms with Crippen LogP contribution >= 0.6 is 27.3 Å². The Balaban J connectivity index is 1.76. The maximum absolute atomic E-state index is 12.7. The number of nitrogens with two attached hydrogens (primary N) is 1. The minimum absolute atomic E-state index is 0.364. The van der Waals surface area contributed by atoms with Gasteiger partial charge in [0.2, 0.25) is 10.0 Å². The van der Waals surface area contributed by atoms with E-state index in [0.717, 1.165) is 18.0 Å². The summed E-state index contributed by atoms with van der Waals surface area (Å²) in [6.45, 7) is 3.22. The van der Waals surface area contributed by atoms with E-state index in [-0.39, 0.29) is 0 Å². The van der Waals surface area contributed by atoms with Crippen molar-refractivity contribution in [1.82, 2.24) is 9.21 Å². The number of nitrogens with zero attached hydrogens (tertiary/aromatic N) is 2. The zero-order valence-electron chi connectivity index (χ0n) is 11.1. The van der Waals surface area contributed by atoms with Crippen LogP contribution in [0.1, 0.15) is 17.7 Å². The molecule has 3 rings (SSSR count). The van der Waals surface area contributed by atoms with Gasteiger partial charge in [0.1, 0.15) is 4.90 Å². The molecule has 2 aliphatic rings. The second-order valence-electron chi connectivity index (χ2n) is 5.23. The number of hydrogen-bond acceptors (Lipinski definition) is 5. The first-order chi connectivity index (χ1) is 9.52. The van der Waals surface area contributed by atoms with Crippen molar-refractivity contribution < 1.29 is 8.42 Å². The molecule has 1 saturated heterocycles. The Morgan fingerprint density at radius 3 is 2.45 bits per heavy atom. The van der Waals surface area contributed by atoms with Crippen molar-refractivity contribution in [3.8, 4) is 0 Å². The third kappa shape index (κ3) is 2.82. The van der Waals surface area contributed by atoms with Gasteiger partial charge >= 0.3 is 0 Å². The Kier molecular flexibility index (Phi) is 4.22. The van der Waals surface area contributed by atoms with Crippen molar-refractivity contribution in [2.45, 2.75) is 30.3 Å². The molecule has 0 spiro atoms. The van der Waals surface area contributed by atoms with Crippen LogP contribution in [0.2, 0.25) is 0 Å². The molecule has 1 aromatic rings. The largest absolute Gasteiger partial charge is 0.326 e. The Bertz CT molecular complexity index is 590. The molecule has 8 heteroatoms. The minimum atomic E-state index is -3.40. The molecule has 1 saturated carbocycles. The number of piperazine rings is 1. The van der Waals surface area contributed by atoms with Crippen LogP contribution in [0.4, 0.5) is 0 Å². The first-order valence-corrected chi connectivity index (χ1v) is 9.80. The van der Waals surface area contributed by atoms with E-state index < -0.39 is 10.0 Å². The summed E-state index contributed by atoms with van der Waals surface area (Å²) >= 11 is 4.75. The van der Waals surface area contributed by atoms with Crippen LogP contribution in [0.5, 0.6) is 0 Å². The van der Waals surface area contributed by atoms with Gasteiger partial charge in [0.05, 0.1) is 3.79 Å². The van der Waals surface area contributed by atoms with Gasteiger partial charge in [-0.05, 0) is 34.8 Å². The molecule has 2 fully saturated rings. The number of sulfonamides is 1. The standard InChI is InChI=1S/C12H18BrN3O2S2/c13-12-11(7-10(8-14)19-12)20(17,18)16-5-3-15(4-6-16)9-1-2-9/h7,9H,1-6,8,14H2. The summed E-state index contributed by atoms with van der Waals surface area (Å²) in [5.74, 6) is 0. The summed E-state index contributed by atoms with van der Waals surface area (Å²) in [4.78, 5) is 3.65. The van der Waals surface area contributed by atoms with E-state index in [1.165, 1.54) is 24.2 Å². The zero-order chi connectivity index (χ0) is 14.3. The summed E-state index contributed by atoms with van der Waals surface area (Å²) < 4.78 is 27.6. The van der Waals surface area contributed by atoms with Gasteiger partial charge in [0, 0.05) is 43.6 Å². The zero-order valence-corrected chi connectivity index (χ0v) is 14.3. The average molecular weight is 380 g/mol. The van der Waals surface area contributed by atoms with Gasteiger partial charge in [-0.2, -0.15) is 4.31 Å². The van der Waals surface area contributed by atoms with E-state index >= 15 is 0 Å². The van der Waals surface area contributed by atoms with Gasteiger partial charge in [-0.3, -0.25) is 4.90 Å². The summed E-state index contributed by atoms with van der Waals surface area (Å²) in [6, 6.07) is 2.40. The second-order valence-corrected chi connectivity index (χ2v) is 9.59. The number of hydrogen-bond donors (Lipinski definition) is 1. The fourth-order valence-electron chi connectivity index (χ4n) is 2.56. The van der Waals surface area contributed by atoms with Crippen molar-refractivity contribution in [1.29, 1.82) is 0 Å². The quantitative estimate of drug-likeness (QED) is 0.859. The van der Waals surface area contributed by atoms with Gasteiger partial charge in [0.25, 0.3) is 0 Å². The monoisotopic (exact) mass is 379 g/mol. The molecule has 0 bridgehead atoms. The van der Waals surface area contributed by atoms with E-state index in [1.807, 2.05) is 0 Å². The highest BCUT2D eigenvalue weighted by molar-refractivity contribution is 9.11. The topological polar surface area (TPSA) is 66.6 Å². The third-order valence-electron chi connectivity index (χ3n) is 3.86. The lowest BCUT2D eigenvalue weighted by Gasteiger charge is -2.33.